The molecule has 0 spiro atoms. The maximum absolute atomic E-state index is 12.2. The molecule has 0 radical (unpaired) electrons. The highest BCUT2D eigenvalue weighted by molar-refractivity contribution is 5.66. The van der Waals surface area contributed by atoms with Gasteiger partial charge in [-0.05, 0) is 17.6 Å². The summed E-state index contributed by atoms with van der Waals surface area (Å²) < 4.78 is 36.6. The third-order valence-electron chi connectivity index (χ3n) is 2.84. The number of nitrogens with zero attached hydrogens (tertiary/aromatic N) is 1. The van der Waals surface area contributed by atoms with E-state index in [1.165, 1.54) is 4.90 Å². The van der Waals surface area contributed by atoms with Crippen LogP contribution < -0.4 is 0 Å². The van der Waals surface area contributed by atoms with E-state index in [0.29, 0.717) is 19.5 Å². The highest BCUT2D eigenvalue weighted by Gasteiger charge is 2.31. The standard InChI is InChI=1S/C13H14F3N/c14-13(15,16)10-17-8-6-12(7-9-17)11-4-2-1-3-5-11/h1-6H,7-10H2. The predicted molar refractivity (Wildman–Crippen MR) is 61.5 cm³/mol. The summed E-state index contributed by atoms with van der Waals surface area (Å²) in [4.78, 5) is 1.42. The molecule has 0 fully saturated rings. The second-order valence-corrected chi connectivity index (χ2v) is 4.20. The Hall–Kier alpha value is -1.29. The average Bonchev–Trinajstić information content (AvgIpc) is 2.29. The van der Waals surface area contributed by atoms with Gasteiger partial charge in [0.15, 0.2) is 0 Å². The Labute approximate surface area is 98.5 Å². The fourth-order valence-corrected chi connectivity index (χ4v) is 2.02. The van der Waals surface area contributed by atoms with Gasteiger partial charge in [0.1, 0.15) is 0 Å². The molecule has 4 heteroatoms. The van der Waals surface area contributed by atoms with E-state index in [4.69, 9.17) is 0 Å². The predicted octanol–water partition coefficient (Wildman–Crippen LogP) is 3.34. The van der Waals surface area contributed by atoms with E-state index in [-0.39, 0.29) is 0 Å². The molecule has 0 amide bonds. The van der Waals surface area contributed by atoms with E-state index < -0.39 is 12.7 Å². The Morgan fingerprint density at radius 3 is 2.35 bits per heavy atom. The van der Waals surface area contributed by atoms with Crippen LogP contribution in [-0.2, 0) is 0 Å². The molecule has 1 aromatic carbocycles. The first-order chi connectivity index (χ1) is 8.04. The fourth-order valence-electron chi connectivity index (χ4n) is 2.02. The lowest BCUT2D eigenvalue weighted by molar-refractivity contribution is -0.144. The fraction of sp³-hybridized carbons (Fsp3) is 0.385. The lowest BCUT2D eigenvalue weighted by Crippen LogP contribution is -2.36. The molecule has 0 saturated carbocycles. The molecule has 1 aromatic rings. The van der Waals surface area contributed by atoms with Crippen LogP contribution in [0.25, 0.3) is 5.57 Å². The number of alkyl halides is 3. The minimum absolute atomic E-state index is 0.379. The summed E-state index contributed by atoms with van der Waals surface area (Å²) in [7, 11) is 0. The quantitative estimate of drug-likeness (QED) is 0.767. The smallest absolute Gasteiger partial charge is 0.291 e. The summed E-state index contributed by atoms with van der Waals surface area (Å²) in [5.41, 5.74) is 2.25. The number of benzene rings is 1. The van der Waals surface area contributed by atoms with Crippen molar-refractivity contribution < 1.29 is 13.2 Å². The second kappa shape index (κ2) is 4.92. The molecule has 0 aromatic heterocycles. The lowest BCUT2D eigenvalue weighted by atomic mass is 10.00. The number of hydrogen-bond donors (Lipinski definition) is 0. The highest BCUT2D eigenvalue weighted by atomic mass is 19.4. The maximum atomic E-state index is 12.2. The third-order valence-corrected chi connectivity index (χ3v) is 2.84. The molecule has 1 aliphatic rings. The van der Waals surface area contributed by atoms with E-state index in [0.717, 1.165) is 11.1 Å². The van der Waals surface area contributed by atoms with Gasteiger partial charge in [0.05, 0.1) is 6.54 Å². The Kier molecular flexibility index (Phi) is 3.52. The van der Waals surface area contributed by atoms with E-state index in [9.17, 15) is 13.2 Å². The molecular formula is C13H14F3N. The molecule has 0 atom stereocenters. The van der Waals surface area contributed by atoms with Gasteiger partial charge in [-0.3, -0.25) is 4.90 Å². The van der Waals surface area contributed by atoms with Gasteiger partial charge in [0.25, 0.3) is 0 Å². The van der Waals surface area contributed by atoms with Crippen LogP contribution in [-0.4, -0.2) is 30.7 Å². The minimum atomic E-state index is -4.10. The van der Waals surface area contributed by atoms with Crippen molar-refractivity contribution in [3.63, 3.8) is 0 Å². The summed E-state index contributed by atoms with van der Waals surface area (Å²) in [6, 6.07) is 9.80. The van der Waals surface area contributed by atoms with Gasteiger partial charge in [0, 0.05) is 13.1 Å². The lowest BCUT2D eigenvalue weighted by Gasteiger charge is -2.27. The molecule has 0 bridgehead atoms. The first-order valence-corrected chi connectivity index (χ1v) is 5.58. The highest BCUT2D eigenvalue weighted by Crippen LogP contribution is 2.24. The number of rotatable bonds is 2. The second-order valence-electron chi connectivity index (χ2n) is 4.20. The van der Waals surface area contributed by atoms with E-state index >= 15 is 0 Å². The Morgan fingerprint density at radius 2 is 1.82 bits per heavy atom. The van der Waals surface area contributed by atoms with Crippen molar-refractivity contribution in [2.75, 3.05) is 19.6 Å². The van der Waals surface area contributed by atoms with Gasteiger partial charge in [-0.25, -0.2) is 0 Å². The Morgan fingerprint density at radius 1 is 1.12 bits per heavy atom. The van der Waals surface area contributed by atoms with Gasteiger partial charge >= 0.3 is 6.18 Å². The molecule has 1 heterocycles. The Balaban J connectivity index is 1.99. The molecular weight excluding hydrogens is 227 g/mol. The van der Waals surface area contributed by atoms with Crippen LogP contribution in [0, 0.1) is 0 Å². The average molecular weight is 241 g/mol. The zero-order valence-electron chi connectivity index (χ0n) is 9.37. The van der Waals surface area contributed by atoms with Crippen molar-refractivity contribution in [2.24, 2.45) is 0 Å². The number of hydrogen-bond acceptors (Lipinski definition) is 1. The van der Waals surface area contributed by atoms with Crippen molar-refractivity contribution >= 4 is 5.57 Å². The summed E-state index contributed by atoms with van der Waals surface area (Å²) in [6.45, 7) is 0.0372. The molecule has 92 valence electrons. The SMILES string of the molecule is FC(F)(F)CN1CC=C(c2ccccc2)CC1. The van der Waals surface area contributed by atoms with Crippen LogP contribution in [0.4, 0.5) is 13.2 Å². The molecule has 0 saturated heterocycles. The van der Waals surface area contributed by atoms with Crippen LogP contribution in [0.15, 0.2) is 36.4 Å². The van der Waals surface area contributed by atoms with Crippen LogP contribution >= 0.6 is 0 Å². The molecule has 0 aliphatic carbocycles. The van der Waals surface area contributed by atoms with Crippen molar-refractivity contribution in [1.29, 1.82) is 0 Å². The van der Waals surface area contributed by atoms with Gasteiger partial charge < -0.3 is 0 Å². The van der Waals surface area contributed by atoms with Crippen LogP contribution in [0.1, 0.15) is 12.0 Å². The largest absolute Gasteiger partial charge is 0.401 e. The van der Waals surface area contributed by atoms with E-state index in [2.05, 4.69) is 0 Å². The zero-order valence-corrected chi connectivity index (χ0v) is 9.37. The molecule has 1 aliphatic heterocycles. The van der Waals surface area contributed by atoms with Gasteiger partial charge in [0.2, 0.25) is 0 Å². The first-order valence-electron chi connectivity index (χ1n) is 5.58. The molecule has 0 N–H and O–H groups in total. The molecule has 1 nitrogen and oxygen atoms in total. The molecule has 17 heavy (non-hydrogen) atoms. The summed E-state index contributed by atoms with van der Waals surface area (Å²) in [6.07, 6.45) is -1.53. The first kappa shape index (κ1) is 12.2. The summed E-state index contributed by atoms with van der Waals surface area (Å²) in [5.74, 6) is 0. The maximum Gasteiger partial charge on any atom is 0.401 e. The third kappa shape index (κ3) is 3.60. The molecule has 2 rings (SSSR count). The van der Waals surface area contributed by atoms with Crippen LogP contribution in [0.3, 0.4) is 0 Å². The normalized spacial score (nSPS) is 17.9. The van der Waals surface area contributed by atoms with E-state index in [1.807, 2.05) is 36.4 Å². The van der Waals surface area contributed by atoms with Gasteiger partial charge in [-0.1, -0.05) is 36.4 Å². The topological polar surface area (TPSA) is 3.24 Å². The van der Waals surface area contributed by atoms with Crippen molar-refractivity contribution in [1.82, 2.24) is 4.90 Å². The summed E-state index contributed by atoms with van der Waals surface area (Å²) >= 11 is 0. The van der Waals surface area contributed by atoms with Crippen molar-refractivity contribution in [3.8, 4) is 0 Å². The minimum Gasteiger partial charge on any atom is -0.291 e. The Bertz CT molecular complexity index is 395. The van der Waals surface area contributed by atoms with Gasteiger partial charge in [-0.15, -0.1) is 0 Å². The molecule has 0 unspecified atom stereocenters. The van der Waals surface area contributed by atoms with E-state index in [1.54, 1.807) is 0 Å². The summed E-state index contributed by atoms with van der Waals surface area (Å²) in [5, 5.41) is 0. The number of halogens is 3. The van der Waals surface area contributed by atoms with Crippen LogP contribution in [0.5, 0.6) is 0 Å². The van der Waals surface area contributed by atoms with Crippen molar-refractivity contribution in [3.05, 3.63) is 42.0 Å². The zero-order chi connectivity index (χ0) is 12.3. The van der Waals surface area contributed by atoms with Crippen LogP contribution in [0.2, 0.25) is 0 Å². The van der Waals surface area contributed by atoms with Gasteiger partial charge in [-0.2, -0.15) is 13.2 Å². The van der Waals surface area contributed by atoms with Crippen molar-refractivity contribution in [2.45, 2.75) is 12.6 Å². The monoisotopic (exact) mass is 241 g/mol.